The Balaban J connectivity index is 1.99. The van der Waals surface area contributed by atoms with E-state index in [1.807, 2.05) is 0 Å². The van der Waals surface area contributed by atoms with Crippen LogP contribution in [-0.4, -0.2) is 21.3 Å². The van der Waals surface area contributed by atoms with Gasteiger partial charge in [-0.15, -0.1) is 0 Å². The maximum atomic E-state index is 12.7. The van der Waals surface area contributed by atoms with E-state index in [9.17, 15) is 9.59 Å². The fourth-order valence-electron chi connectivity index (χ4n) is 2.19. The number of hydrogen-bond donors (Lipinski definition) is 1. The van der Waals surface area contributed by atoms with Gasteiger partial charge in [0.1, 0.15) is 5.76 Å². The summed E-state index contributed by atoms with van der Waals surface area (Å²) in [4.78, 5) is 25.7. The summed E-state index contributed by atoms with van der Waals surface area (Å²) in [5, 5.41) is 9.15. The lowest BCUT2D eigenvalue weighted by Crippen LogP contribution is -2.28. The van der Waals surface area contributed by atoms with E-state index in [1.54, 1.807) is 31.2 Å². The predicted octanol–water partition coefficient (Wildman–Crippen LogP) is 4.45. The highest BCUT2D eigenvalue weighted by atomic mass is 79.9. The number of carboxylic acid groups (broad SMARTS) is 1. The number of thioether (sulfide) groups is 1. The number of nitrogens with zero attached hydrogens (tertiary/aromatic N) is 1. The molecule has 3 rings (SSSR count). The Morgan fingerprint density at radius 1 is 1.38 bits per heavy atom. The minimum absolute atomic E-state index is 0.101. The van der Waals surface area contributed by atoms with E-state index in [4.69, 9.17) is 21.7 Å². The lowest BCUT2D eigenvalue weighted by atomic mass is 10.1. The molecule has 0 atom stereocenters. The summed E-state index contributed by atoms with van der Waals surface area (Å²) in [6.45, 7) is 1.80. The largest absolute Gasteiger partial charge is 0.478 e. The predicted molar refractivity (Wildman–Crippen MR) is 100 cm³/mol. The van der Waals surface area contributed by atoms with Gasteiger partial charge in [0.25, 0.3) is 5.91 Å². The first kappa shape index (κ1) is 16.9. The van der Waals surface area contributed by atoms with Crippen LogP contribution in [0.15, 0.2) is 44.3 Å². The molecule has 1 saturated heterocycles. The smallest absolute Gasteiger partial charge is 0.335 e. The average Bonchev–Trinajstić information content (AvgIpc) is 3.04. The summed E-state index contributed by atoms with van der Waals surface area (Å²) in [5.41, 5.74) is 1.34. The van der Waals surface area contributed by atoms with E-state index in [1.165, 1.54) is 17.0 Å². The molecule has 0 aliphatic carbocycles. The number of halogens is 1. The molecule has 0 bridgehead atoms. The van der Waals surface area contributed by atoms with Crippen molar-refractivity contribution < 1.29 is 19.1 Å². The molecule has 0 spiro atoms. The highest BCUT2D eigenvalue weighted by Gasteiger charge is 2.34. The normalized spacial score (nSPS) is 16.2. The van der Waals surface area contributed by atoms with E-state index in [2.05, 4.69) is 15.9 Å². The number of aryl methyl sites for hydroxylation is 1. The Kier molecular flexibility index (Phi) is 4.62. The number of furan rings is 1. The molecule has 8 heteroatoms. The molecule has 0 radical (unpaired) electrons. The number of carboxylic acids is 1. The van der Waals surface area contributed by atoms with Crippen LogP contribution in [-0.2, 0) is 4.79 Å². The number of rotatable bonds is 3. The van der Waals surface area contributed by atoms with Crippen LogP contribution in [0.4, 0.5) is 5.69 Å². The number of hydrogen-bond acceptors (Lipinski definition) is 5. The van der Waals surface area contributed by atoms with Gasteiger partial charge in [0.05, 0.1) is 16.2 Å². The van der Waals surface area contributed by atoms with Gasteiger partial charge in [0, 0.05) is 6.08 Å². The second-order valence-electron chi connectivity index (χ2n) is 4.97. The van der Waals surface area contributed by atoms with Gasteiger partial charge in [-0.05, 0) is 52.7 Å². The molecule has 24 heavy (non-hydrogen) atoms. The number of benzene rings is 1. The van der Waals surface area contributed by atoms with E-state index in [0.717, 1.165) is 17.3 Å². The van der Waals surface area contributed by atoms with Crippen LogP contribution in [0.3, 0.4) is 0 Å². The molecule has 122 valence electrons. The lowest BCUT2D eigenvalue weighted by molar-refractivity contribution is -0.113. The van der Waals surface area contributed by atoms with Crippen molar-refractivity contribution in [2.24, 2.45) is 0 Å². The molecule has 0 saturated carbocycles. The first-order valence-corrected chi connectivity index (χ1v) is 8.76. The number of aromatic carboxylic acids is 1. The highest BCUT2D eigenvalue weighted by molar-refractivity contribution is 9.10. The summed E-state index contributed by atoms with van der Waals surface area (Å²) in [6.07, 6.45) is 1.61. The van der Waals surface area contributed by atoms with Gasteiger partial charge in [-0.2, -0.15) is 0 Å². The Hall–Kier alpha value is -1.90. The zero-order valence-corrected chi connectivity index (χ0v) is 15.5. The standard InChI is InChI=1S/C16H10BrNO4S2/c1-8-2-3-9(15(20)21)6-11(8)18-14(19)12(24-16(18)23)7-10-4-5-13(17)22-10/h2-7H,1H3,(H,20,21). The van der Waals surface area contributed by atoms with Crippen LogP contribution in [0.25, 0.3) is 6.08 Å². The first-order chi connectivity index (χ1) is 11.4. The molecule has 1 aromatic heterocycles. The second-order valence-corrected chi connectivity index (χ2v) is 7.42. The third-order valence-electron chi connectivity index (χ3n) is 3.36. The van der Waals surface area contributed by atoms with Gasteiger partial charge in [-0.3, -0.25) is 9.69 Å². The van der Waals surface area contributed by atoms with Crippen molar-refractivity contribution in [3.8, 4) is 0 Å². The quantitative estimate of drug-likeness (QED) is 0.580. The number of carbonyl (C=O) groups excluding carboxylic acids is 1. The molecule has 1 fully saturated rings. The van der Waals surface area contributed by atoms with E-state index in [0.29, 0.717) is 25.3 Å². The topological polar surface area (TPSA) is 70.8 Å². The first-order valence-electron chi connectivity index (χ1n) is 6.74. The van der Waals surface area contributed by atoms with Crippen molar-refractivity contribution >= 4 is 67.9 Å². The summed E-state index contributed by atoms with van der Waals surface area (Å²) in [6, 6.07) is 8.06. The van der Waals surface area contributed by atoms with Crippen LogP contribution in [0, 0.1) is 6.92 Å². The van der Waals surface area contributed by atoms with Gasteiger partial charge in [0.2, 0.25) is 0 Å². The average molecular weight is 424 g/mol. The zero-order valence-electron chi connectivity index (χ0n) is 12.3. The van der Waals surface area contributed by atoms with Crippen molar-refractivity contribution in [1.29, 1.82) is 0 Å². The van der Waals surface area contributed by atoms with E-state index in [-0.39, 0.29) is 11.5 Å². The minimum atomic E-state index is -1.06. The fraction of sp³-hybridized carbons (Fsp3) is 0.0625. The highest BCUT2D eigenvalue weighted by Crippen LogP contribution is 2.38. The number of thiocarbonyl (C=S) groups is 1. The number of anilines is 1. The van der Waals surface area contributed by atoms with Crippen LogP contribution in [0.5, 0.6) is 0 Å². The molecular formula is C16H10BrNO4S2. The van der Waals surface area contributed by atoms with Crippen LogP contribution in [0.2, 0.25) is 0 Å². The number of carbonyl (C=O) groups is 2. The van der Waals surface area contributed by atoms with E-state index < -0.39 is 5.97 Å². The second kappa shape index (κ2) is 6.54. The molecule has 0 unspecified atom stereocenters. The monoisotopic (exact) mass is 423 g/mol. The van der Waals surface area contributed by atoms with Crippen molar-refractivity contribution in [3.05, 3.63) is 56.8 Å². The maximum absolute atomic E-state index is 12.7. The van der Waals surface area contributed by atoms with Gasteiger partial charge in [-0.25, -0.2) is 4.79 Å². The summed E-state index contributed by atoms with van der Waals surface area (Å²) >= 11 is 9.67. The SMILES string of the molecule is Cc1ccc(C(=O)O)cc1N1C(=O)C(=Cc2ccc(Br)o2)SC1=S. The molecule has 2 heterocycles. The third-order valence-corrected chi connectivity index (χ3v) is 5.09. The van der Waals surface area contributed by atoms with Crippen LogP contribution >= 0.6 is 39.9 Å². The lowest BCUT2D eigenvalue weighted by Gasteiger charge is -2.17. The van der Waals surface area contributed by atoms with Crippen LogP contribution in [0.1, 0.15) is 21.7 Å². The number of amides is 1. The molecular weight excluding hydrogens is 414 g/mol. The fourth-order valence-corrected chi connectivity index (χ4v) is 3.78. The molecule has 1 amide bonds. The molecule has 1 aromatic carbocycles. The summed E-state index contributed by atoms with van der Waals surface area (Å²) in [5.74, 6) is -0.834. The minimum Gasteiger partial charge on any atom is -0.478 e. The molecule has 1 N–H and O–H groups in total. The molecule has 2 aromatic rings. The molecule has 1 aliphatic rings. The van der Waals surface area contributed by atoms with Gasteiger partial charge in [0.15, 0.2) is 8.99 Å². The van der Waals surface area contributed by atoms with Crippen molar-refractivity contribution in [1.82, 2.24) is 0 Å². The zero-order chi connectivity index (χ0) is 17.4. The van der Waals surface area contributed by atoms with Crippen molar-refractivity contribution in [3.63, 3.8) is 0 Å². The molecule has 1 aliphatic heterocycles. The third kappa shape index (κ3) is 3.17. The maximum Gasteiger partial charge on any atom is 0.335 e. The van der Waals surface area contributed by atoms with Gasteiger partial charge < -0.3 is 9.52 Å². The summed E-state index contributed by atoms with van der Waals surface area (Å²) in [7, 11) is 0. The Morgan fingerprint density at radius 3 is 2.75 bits per heavy atom. The van der Waals surface area contributed by atoms with Gasteiger partial charge >= 0.3 is 5.97 Å². The van der Waals surface area contributed by atoms with Crippen LogP contribution < -0.4 is 4.90 Å². The van der Waals surface area contributed by atoms with E-state index >= 15 is 0 Å². The van der Waals surface area contributed by atoms with Gasteiger partial charge in [-0.1, -0.05) is 30.0 Å². The molecule has 5 nitrogen and oxygen atoms in total. The van der Waals surface area contributed by atoms with Crippen molar-refractivity contribution in [2.75, 3.05) is 4.90 Å². The van der Waals surface area contributed by atoms with Crippen molar-refractivity contribution in [2.45, 2.75) is 6.92 Å². The Labute approximate surface area is 155 Å². The Morgan fingerprint density at radius 2 is 2.12 bits per heavy atom. The summed E-state index contributed by atoms with van der Waals surface area (Å²) < 4.78 is 6.29. The Bertz CT molecular complexity index is 903.